The van der Waals surface area contributed by atoms with Gasteiger partial charge in [0.05, 0.1) is 19.9 Å². The van der Waals surface area contributed by atoms with Gasteiger partial charge in [-0.2, -0.15) is 5.10 Å². The Balaban J connectivity index is 2.45. The van der Waals surface area contributed by atoms with Crippen molar-refractivity contribution >= 4 is 5.97 Å². The van der Waals surface area contributed by atoms with Crippen LogP contribution in [0.1, 0.15) is 19.4 Å². The van der Waals surface area contributed by atoms with Crippen molar-refractivity contribution in [3.05, 3.63) is 46.8 Å². The minimum absolute atomic E-state index is 0.338. The summed E-state index contributed by atoms with van der Waals surface area (Å²) in [5.74, 6) is 0.252. The summed E-state index contributed by atoms with van der Waals surface area (Å²) in [6.07, 6.45) is 0.422. The van der Waals surface area contributed by atoms with E-state index in [1.165, 1.54) is 17.9 Å². The third kappa shape index (κ3) is 3.16. The summed E-state index contributed by atoms with van der Waals surface area (Å²) in [5, 5.41) is 4.30. The number of esters is 1. The van der Waals surface area contributed by atoms with E-state index in [2.05, 4.69) is 5.10 Å². The average Bonchev–Trinajstić information content (AvgIpc) is 2.57. The summed E-state index contributed by atoms with van der Waals surface area (Å²) in [6, 6.07) is 9.61. The molecule has 0 unspecified atom stereocenters. The van der Waals surface area contributed by atoms with Gasteiger partial charge in [-0.3, -0.25) is 4.79 Å². The standard InChI is InChI=1S/C16H18N2O4/c1-4-14(16(20)22-3)18-15(19)10-9-13(17-18)11-5-7-12(21-2)8-6-11/h5-10,14H,4H2,1-3H3/t14-/m0/s1. The molecule has 0 N–H and O–H groups in total. The summed E-state index contributed by atoms with van der Waals surface area (Å²) in [7, 11) is 2.89. The zero-order chi connectivity index (χ0) is 16.1. The molecule has 1 atom stereocenters. The van der Waals surface area contributed by atoms with Crippen LogP contribution in [0.3, 0.4) is 0 Å². The van der Waals surface area contributed by atoms with Gasteiger partial charge in [-0.25, -0.2) is 9.48 Å². The lowest BCUT2D eigenvalue weighted by atomic mass is 10.1. The normalized spacial score (nSPS) is 11.8. The molecule has 22 heavy (non-hydrogen) atoms. The maximum absolute atomic E-state index is 12.0. The van der Waals surface area contributed by atoms with Gasteiger partial charge in [0.25, 0.3) is 5.56 Å². The first-order valence-electron chi connectivity index (χ1n) is 6.92. The minimum atomic E-state index is -0.726. The van der Waals surface area contributed by atoms with Crippen LogP contribution in [-0.4, -0.2) is 30.0 Å². The first-order valence-corrected chi connectivity index (χ1v) is 6.92. The Hall–Kier alpha value is -2.63. The molecule has 0 bridgehead atoms. The van der Waals surface area contributed by atoms with Crippen molar-refractivity contribution in [2.45, 2.75) is 19.4 Å². The Labute approximate surface area is 128 Å². The third-order valence-corrected chi connectivity index (χ3v) is 3.37. The Morgan fingerprint density at radius 2 is 1.86 bits per heavy atom. The fraction of sp³-hybridized carbons (Fsp3) is 0.312. The molecule has 116 valence electrons. The van der Waals surface area contributed by atoms with Crippen molar-refractivity contribution in [1.82, 2.24) is 9.78 Å². The molecule has 1 aromatic carbocycles. The van der Waals surface area contributed by atoms with Crippen molar-refractivity contribution in [3.8, 4) is 17.0 Å². The predicted molar refractivity (Wildman–Crippen MR) is 81.8 cm³/mol. The molecule has 0 aliphatic carbocycles. The van der Waals surface area contributed by atoms with E-state index in [1.807, 2.05) is 24.3 Å². The molecule has 0 aliphatic heterocycles. The van der Waals surface area contributed by atoms with E-state index in [-0.39, 0.29) is 5.56 Å². The van der Waals surface area contributed by atoms with Crippen molar-refractivity contribution in [3.63, 3.8) is 0 Å². The maximum Gasteiger partial charge on any atom is 0.330 e. The summed E-state index contributed by atoms with van der Waals surface area (Å²) >= 11 is 0. The molecule has 0 radical (unpaired) electrons. The predicted octanol–water partition coefficient (Wildman–Crippen LogP) is 2.04. The molecule has 1 aromatic heterocycles. The third-order valence-electron chi connectivity index (χ3n) is 3.37. The van der Waals surface area contributed by atoms with Gasteiger partial charge in [0.1, 0.15) is 5.75 Å². The largest absolute Gasteiger partial charge is 0.497 e. The molecule has 6 nitrogen and oxygen atoms in total. The lowest BCUT2D eigenvalue weighted by molar-refractivity contribution is -0.145. The fourth-order valence-electron chi connectivity index (χ4n) is 2.14. The van der Waals surface area contributed by atoms with Crippen molar-refractivity contribution in [2.75, 3.05) is 14.2 Å². The van der Waals surface area contributed by atoms with Gasteiger partial charge in [0.2, 0.25) is 0 Å². The van der Waals surface area contributed by atoms with Crippen LogP contribution in [0.2, 0.25) is 0 Å². The first kappa shape index (κ1) is 15.8. The van der Waals surface area contributed by atoms with Gasteiger partial charge in [-0.15, -0.1) is 0 Å². The van der Waals surface area contributed by atoms with E-state index in [1.54, 1.807) is 20.1 Å². The van der Waals surface area contributed by atoms with Crippen molar-refractivity contribution in [1.29, 1.82) is 0 Å². The van der Waals surface area contributed by atoms with Crippen LogP contribution in [0.4, 0.5) is 0 Å². The van der Waals surface area contributed by atoms with Gasteiger partial charge in [0, 0.05) is 11.6 Å². The second kappa shape index (κ2) is 6.89. The molecule has 0 saturated heterocycles. The summed E-state index contributed by atoms with van der Waals surface area (Å²) in [6.45, 7) is 1.80. The molecule has 2 aromatic rings. The van der Waals surface area contributed by atoms with Crippen LogP contribution in [0, 0.1) is 0 Å². The number of hydrogen-bond donors (Lipinski definition) is 0. The highest BCUT2D eigenvalue weighted by Crippen LogP contribution is 2.20. The monoisotopic (exact) mass is 302 g/mol. The van der Waals surface area contributed by atoms with E-state index >= 15 is 0 Å². The highest BCUT2D eigenvalue weighted by atomic mass is 16.5. The lowest BCUT2D eigenvalue weighted by Crippen LogP contribution is -2.32. The topological polar surface area (TPSA) is 70.4 Å². The number of rotatable bonds is 5. The number of hydrogen-bond acceptors (Lipinski definition) is 5. The molecule has 0 spiro atoms. The van der Waals surface area contributed by atoms with Crippen LogP contribution >= 0.6 is 0 Å². The molecule has 0 fully saturated rings. The molecular weight excluding hydrogens is 284 g/mol. The van der Waals surface area contributed by atoms with E-state index in [4.69, 9.17) is 9.47 Å². The number of methoxy groups -OCH3 is 2. The van der Waals surface area contributed by atoms with Crippen molar-refractivity contribution < 1.29 is 14.3 Å². The Kier molecular flexibility index (Phi) is 4.93. The fourth-order valence-corrected chi connectivity index (χ4v) is 2.14. The summed E-state index contributed by atoms with van der Waals surface area (Å²) in [4.78, 5) is 23.8. The average molecular weight is 302 g/mol. The molecule has 6 heteroatoms. The summed E-state index contributed by atoms with van der Waals surface area (Å²) < 4.78 is 11.0. The minimum Gasteiger partial charge on any atom is -0.497 e. The van der Waals surface area contributed by atoms with E-state index in [0.717, 1.165) is 11.3 Å². The second-order valence-electron chi connectivity index (χ2n) is 4.68. The molecular formula is C16H18N2O4. The zero-order valence-corrected chi connectivity index (χ0v) is 12.8. The highest BCUT2D eigenvalue weighted by molar-refractivity contribution is 5.74. The number of ether oxygens (including phenoxy) is 2. The van der Waals surface area contributed by atoms with Crippen LogP contribution in [0.15, 0.2) is 41.2 Å². The van der Waals surface area contributed by atoms with Crippen LogP contribution in [-0.2, 0) is 9.53 Å². The molecule has 0 saturated carbocycles. The van der Waals surface area contributed by atoms with Crippen LogP contribution in [0.5, 0.6) is 5.75 Å². The molecule has 0 aliphatic rings. The Morgan fingerprint density at radius 3 is 2.41 bits per heavy atom. The number of carbonyl (C=O) groups excluding carboxylic acids is 1. The SMILES string of the molecule is CC[C@@H](C(=O)OC)n1nc(-c2ccc(OC)cc2)ccc1=O. The van der Waals surface area contributed by atoms with E-state index < -0.39 is 12.0 Å². The van der Waals surface area contributed by atoms with Crippen LogP contribution in [0.25, 0.3) is 11.3 Å². The Morgan fingerprint density at radius 1 is 1.18 bits per heavy atom. The number of nitrogens with zero attached hydrogens (tertiary/aromatic N) is 2. The second-order valence-corrected chi connectivity index (χ2v) is 4.68. The number of carbonyl (C=O) groups is 1. The number of benzene rings is 1. The molecule has 0 amide bonds. The summed E-state index contributed by atoms with van der Waals surface area (Å²) in [5.41, 5.74) is 1.09. The van der Waals surface area contributed by atoms with Crippen molar-refractivity contribution in [2.24, 2.45) is 0 Å². The molecule has 2 rings (SSSR count). The van der Waals surface area contributed by atoms with Gasteiger partial charge < -0.3 is 9.47 Å². The quantitative estimate of drug-likeness (QED) is 0.790. The highest BCUT2D eigenvalue weighted by Gasteiger charge is 2.21. The molecule has 1 heterocycles. The zero-order valence-electron chi connectivity index (χ0n) is 12.8. The smallest absolute Gasteiger partial charge is 0.330 e. The van der Waals surface area contributed by atoms with E-state index in [9.17, 15) is 9.59 Å². The Bertz CT molecular complexity index is 707. The lowest BCUT2D eigenvalue weighted by Gasteiger charge is -2.15. The van der Waals surface area contributed by atoms with Gasteiger partial charge >= 0.3 is 5.97 Å². The van der Waals surface area contributed by atoms with E-state index in [0.29, 0.717) is 12.1 Å². The van der Waals surface area contributed by atoms with Gasteiger partial charge in [0.15, 0.2) is 6.04 Å². The maximum atomic E-state index is 12.0. The first-order chi connectivity index (χ1) is 10.6. The van der Waals surface area contributed by atoms with Gasteiger partial charge in [-0.05, 0) is 36.8 Å². The number of aromatic nitrogens is 2. The van der Waals surface area contributed by atoms with Gasteiger partial charge in [-0.1, -0.05) is 6.92 Å². The van der Waals surface area contributed by atoms with Crippen LogP contribution < -0.4 is 10.3 Å².